The lowest BCUT2D eigenvalue weighted by Crippen LogP contribution is -2.40. The van der Waals surface area contributed by atoms with Crippen LogP contribution in [0.25, 0.3) is 10.9 Å². The number of amides is 2. The number of anilines is 1. The predicted molar refractivity (Wildman–Crippen MR) is 141 cm³/mol. The number of H-pyrrole nitrogens is 1. The number of benzene rings is 2. The van der Waals surface area contributed by atoms with Crippen molar-refractivity contribution >= 4 is 28.5 Å². The summed E-state index contributed by atoms with van der Waals surface area (Å²) in [5.41, 5.74) is 4.23. The summed E-state index contributed by atoms with van der Waals surface area (Å²) in [6.07, 6.45) is 3.65. The van der Waals surface area contributed by atoms with Gasteiger partial charge in [0.2, 0.25) is 11.8 Å². The molecule has 0 saturated carbocycles. The second-order valence-electron chi connectivity index (χ2n) is 8.86. The van der Waals surface area contributed by atoms with Crippen LogP contribution in [0, 0.1) is 6.92 Å². The summed E-state index contributed by atoms with van der Waals surface area (Å²) in [6, 6.07) is 19.7. The molecule has 0 aliphatic rings. The highest BCUT2D eigenvalue weighted by atomic mass is 16.5. The van der Waals surface area contributed by atoms with Crippen LogP contribution < -0.4 is 15.4 Å². The Balaban J connectivity index is 1.40. The Hall–Kier alpha value is -4.17. The number of hydrogen-bond donors (Lipinski definition) is 3. The second-order valence-corrected chi connectivity index (χ2v) is 8.86. The molecule has 2 aromatic carbocycles. The third-order valence-electron chi connectivity index (χ3n) is 6.03. The fraction of sp³-hybridized carbons (Fsp3) is 0.250. The average Bonchev–Trinajstić information content (AvgIpc) is 3.28. The first-order chi connectivity index (χ1) is 17.4. The highest BCUT2D eigenvalue weighted by Crippen LogP contribution is 2.31. The van der Waals surface area contributed by atoms with Crippen LogP contribution in [0.2, 0.25) is 0 Å². The molecule has 0 fully saturated rings. The van der Waals surface area contributed by atoms with Crippen LogP contribution in [0.3, 0.4) is 0 Å². The van der Waals surface area contributed by atoms with Gasteiger partial charge in [-0.3, -0.25) is 14.5 Å². The lowest BCUT2D eigenvalue weighted by Gasteiger charge is -2.20. The molecular weight excluding hydrogens is 454 g/mol. The molecule has 0 saturated heterocycles. The van der Waals surface area contributed by atoms with E-state index >= 15 is 0 Å². The molecule has 3 N–H and O–H groups in total. The zero-order chi connectivity index (χ0) is 25.5. The van der Waals surface area contributed by atoms with E-state index in [4.69, 9.17) is 4.74 Å². The van der Waals surface area contributed by atoms with E-state index in [1.165, 1.54) is 0 Å². The summed E-state index contributed by atoms with van der Waals surface area (Å²) in [5.74, 6) is 0.841. The van der Waals surface area contributed by atoms with Crippen LogP contribution in [0.15, 0.2) is 73.1 Å². The van der Waals surface area contributed by atoms with Crippen molar-refractivity contribution in [1.82, 2.24) is 20.2 Å². The van der Waals surface area contributed by atoms with Gasteiger partial charge in [-0.25, -0.2) is 4.98 Å². The van der Waals surface area contributed by atoms with Gasteiger partial charge in [0.15, 0.2) is 0 Å². The van der Waals surface area contributed by atoms with Crippen LogP contribution in [-0.2, 0) is 9.59 Å². The predicted octanol–water partition coefficient (Wildman–Crippen LogP) is 3.70. The zero-order valence-corrected chi connectivity index (χ0v) is 20.7. The Kier molecular flexibility index (Phi) is 7.97. The number of aryl methyl sites for hydroxylation is 1. The Labute approximate surface area is 210 Å². The first kappa shape index (κ1) is 24.9. The van der Waals surface area contributed by atoms with E-state index in [0.29, 0.717) is 12.4 Å². The van der Waals surface area contributed by atoms with Gasteiger partial charge in [-0.05, 0) is 61.0 Å². The maximum atomic E-state index is 12.8. The van der Waals surface area contributed by atoms with E-state index in [0.717, 1.165) is 33.3 Å². The lowest BCUT2D eigenvalue weighted by atomic mass is 9.90. The minimum Gasteiger partial charge on any atom is -0.497 e. The number of nitrogens with one attached hydrogen (secondary N) is 3. The largest absolute Gasteiger partial charge is 0.497 e. The minimum absolute atomic E-state index is 0.0583. The number of fused-ring (bicyclic) bond motifs is 1. The molecule has 0 aliphatic carbocycles. The Morgan fingerprint density at radius 3 is 2.56 bits per heavy atom. The number of likely N-dealkylation sites (N-methyl/N-ethyl adjacent to an activating group) is 1. The highest BCUT2D eigenvalue weighted by molar-refractivity contribution is 5.91. The molecule has 2 heterocycles. The Bertz CT molecular complexity index is 1330. The average molecular weight is 486 g/mol. The number of para-hydroxylation sites is 1. The van der Waals surface area contributed by atoms with Gasteiger partial charge in [0.1, 0.15) is 11.6 Å². The molecule has 0 bridgehead atoms. The quantitative estimate of drug-likeness (QED) is 0.318. The van der Waals surface area contributed by atoms with Crippen molar-refractivity contribution in [2.75, 3.05) is 39.1 Å². The van der Waals surface area contributed by atoms with Crippen LogP contribution in [0.5, 0.6) is 5.75 Å². The number of aromatic nitrogens is 2. The number of carbonyl (C=O) groups excluding carboxylic acids is 2. The van der Waals surface area contributed by atoms with Crippen molar-refractivity contribution in [2.45, 2.75) is 12.8 Å². The number of pyridine rings is 1. The monoisotopic (exact) mass is 485 g/mol. The number of hydrogen-bond acceptors (Lipinski definition) is 5. The number of aromatic amines is 1. The Morgan fingerprint density at radius 1 is 1.06 bits per heavy atom. The molecule has 1 unspecified atom stereocenters. The summed E-state index contributed by atoms with van der Waals surface area (Å²) < 4.78 is 5.31. The van der Waals surface area contributed by atoms with Crippen molar-refractivity contribution in [3.63, 3.8) is 0 Å². The van der Waals surface area contributed by atoms with Crippen molar-refractivity contribution in [2.24, 2.45) is 0 Å². The van der Waals surface area contributed by atoms with Crippen molar-refractivity contribution in [3.05, 3.63) is 89.7 Å². The number of nitrogens with zero attached hydrogens (tertiary/aromatic N) is 2. The molecule has 1 atom stereocenters. The SMILES string of the molecule is COc1ccc(C(CNC(=O)CN(C)CC(=O)Nc2cc(C)ccn2)c2c[nH]c3ccccc23)cc1. The molecule has 4 aromatic rings. The third kappa shape index (κ3) is 6.28. The molecule has 4 rings (SSSR count). The normalized spacial score (nSPS) is 11.9. The van der Waals surface area contributed by atoms with Crippen LogP contribution in [-0.4, -0.2) is 60.5 Å². The molecule has 0 aliphatic heterocycles. The van der Waals surface area contributed by atoms with Gasteiger partial charge in [-0.15, -0.1) is 0 Å². The van der Waals surface area contributed by atoms with Crippen molar-refractivity contribution in [3.8, 4) is 5.75 Å². The number of methoxy groups -OCH3 is 1. The fourth-order valence-corrected chi connectivity index (χ4v) is 4.23. The van der Waals surface area contributed by atoms with Crippen LogP contribution in [0.1, 0.15) is 22.6 Å². The van der Waals surface area contributed by atoms with Crippen LogP contribution >= 0.6 is 0 Å². The number of carbonyl (C=O) groups is 2. The molecule has 186 valence electrons. The van der Waals surface area contributed by atoms with Gasteiger partial charge in [0.05, 0.1) is 20.2 Å². The van der Waals surface area contributed by atoms with Gasteiger partial charge in [0, 0.05) is 35.8 Å². The number of ether oxygens (including phenoxy) is 1. The summed E-state index contributed by atoms with van der Waals surface area (Å²) in [4.78, 5) is 34.3. The van der Waals surface area contributed by atoms with Crippen molar-refractivity contribution < 1.29 is 14.3 Å². The molecule has 8 heteroatoms. The third-order valence-corrected chi connectivity index (χ3v) is 6.03. The van der Waals surface area contributed by atoms with Crippen molar-refractivity contribution in [1.29, 1.82) is 0 Å². The van der Waals surface area contributed by atoms with E-state index in [9.17, 15) is 9.59 Å². The molecular formula is C28H31N5O3. The first-order valence-corrected chi connectivity index (χ1v) is 11.8. The van der Waals surface area contributed by atoms with E-state index in [2.05, 4.69) is 26.7 Å². The smallest absolute Gasteiger partial charge is 0.239 e. The minimum atomic E-state index is -0.224. The topological polar surface area (TPSA) is 99.3 Å². The van der Waals surface area contributed by atoms with E-state index < -0.39 is 0 Å². The summed E-state index contributed by atoms with van der Waals surface area (Å²) in [5, 5.41) is 6.94. The second kappa shape index (κ2) is 11.5. The number of rotatable bonds is 10. The van der Waals surface area contributed by atoms with Gasteiger partial charge in [-0.1, -0.05) is 30.3 Å². The maximum Gasteiger partial charge on any atom is 0.239 e. The fourth-order valence-electron chi connectivity index (χ4n) is 4.23. The molecule has 2 aromatic heterocycles. The maximum absolute atomic E-state index is 12.8. The van der Waals surface area contributed by atoms with E-state index in [-0.39, 0.29) is 30.8 Å². The summed E-state index contributed by atoms with van der Waals surface area (Å²) >= 11 is 0. The standard InChI is InChI=1S/C28H31N5O3/c1-19-12-13-29-26(14-19)32-28(35)18-33(2)17-27(34)31-15-23(20-8-10-21(36-3)11-9-20)24-16-30-25-7-5-4-6-22(24)25/h4-14,16,23,30H,15,17-18H2,1-3H3,(H,31,34)(H,29,32,35). The van der Waals surface area contributed by atoms with Gasteiger partial charge >= 0.3 is 0 Å². The first-order valence-electron chi connectivity index (χ1n) is 11.8. The molecule has 36 heavy (non-hydrogen) atoms. The van der Waals surface area contributed by atoms with Gasteiger partial charge in [-0.2, -0.15) is 0 Å². The van der Waals surface area contributed by atoms with Crippen LogP contribution in [0.4, 0.5) is 5.82 Å². The summed E-state index contributed by atoms with van der Waals surface area (Å²) in [7, 11) is 3.38. The summed E-state index contributed by atoms with van der Waals surface area (Å²) in [6.45, 7) is 2.52. The zero-order valence-electron chi connectivity index (χ0n) is 20.7. The van der Waals surface area contributed by atoms with E-state index in [1.807, 2.05) is 61.7 Å². The van der Waals surface area contributed by atoms with Gasteiger partial charge in [0.25, 0.3) is 0 Å². The van der Waals surface area contributed by atoms with Gasteiger partial charge < -0.3 is 20.4 Å². The highest BCUT2D eigenvalue weighted by Gasteiger charge is 2.20. The molecule has 0 spiro atoms. The van der Waals surface area contributed by atoms with E-state index in [1.54, 1.807) is 31.3 Å². The Morgan fingerprint density at radius 2 is 1.81 bits per heavy atom. The molecule has 0 radical (unpaired) electrons. The lowest BCUT2D eigenvalue weighted by molar-refractivity contribution is -0.123. The molecule has 8 nitrogen and oxygen atoms in total. The molecule has 2 amide bonds.